The molecule has 1 fully saturated rings. The quantitative estimate of drug-likeness (QED) is 0.804. The maximum atomic E-state index is 12.1. The van der Waals surface area contributed by atoms with Crippen LogP contribution in [-0.2, 0) is 16.4 Å². The Bertz CT molecular complexity index is 809. The van der Waals surface area contributed by atoms with Crippen LogP contribution < -0.4 is 10.6 Å². The summed E-state index contributed by atoms with van der Waals surface area (Å²) in [7, 11) is -3.03. The molecule has 0 aromatic carbocycles. The number of amides is 1. The van der Waals surface area contributed by atoms with Crippen molar-refractivity contribution in [1.29, 1.82) is 0 Å². The van der Waals surface area contributed by atoms with Crippen molar-refractivity contribution in [3.8, 4) is 0 Å². The van der Waals surface area contributed by atoms with Crippen LogP contribution in [0.3, 0.4) is 0 Å². The first-order valence-electron chi connectivity index (χ1n) is 7.49. The van der Waals surface area contributed by atoms with E-state index in [2.05, 4.69) is 25.6 Å². The Hall–Kier alpha value is -2.55. The van der Waals surface area contributed by atoms with Crippen molar-refractivity contribution < 1.29 is 13.2 Å². The normalized spacial score (nSPS) is 18.9. The average molecular weight is 347 g/mol. The fourth-order valence-corrected chi connectivity index (χ4v) is 4.06. The summed E-state index contributed by atoms with van der Waals surface area (Å²) < 4.78 is 22.8. The molecule has 1 aliphatic heterocycles. The van der Waals surface area contributed by atoms with Crippen molar-refractivity contribution in [3.05, 3.63) is 48.0 Å². The van der Waals surface area contributed by atoms with E-state index in [1.807, 2.05) is 18.2 Å². The van der Waals surface area contributed by atoms with Gasteiger partial charge >= 0.3 is 0 Å². The molecule has 2 aromatic heterocycles. The van der Waals surface area contributed by atoms with Crippen LogP contribution in [0.15, 0.2) is 36.8 Å². The minimum absolute atomic E-state index is 0.0106. The van der Waals surface area contributed by atoms with Gasteiger partial charge in [0.2, 0.25) is 5.95 Å². The van der Waals surface area contributed by atoms with E-state index in [1.165, 1.54) is 12.4 Å². The molecule has 0 radical (unpaired) electrons. The number of sulfone groups is 1. The minimum Gasteiger partial charge on any atom is -0.349 e. The van der Waals surface area contributed by atoms with Gasteiger partial charge in [-0.2, -0.15) is 0 Å². The van der Waals surface area contributed by atoms with Gasteiger partial charge in [0, 0.05) is 24.6 Å². The maximum absolute atomic E-state index is 12.1. The Labute approximate surface area is 139 Å². The second-order valence-corrected chi connectivity index (χ2v) is 7.77. The summed E-state index contributed by atoms with van der Waals surface area (Å²) in [4.78, 5) is 24.4. The van der Waals surface area contributed by atoms with E-state index in [0.29, 0.717) is 24.5 Å². The molecule has 1 atom stereocenters. The number of rotatable bonds is 5. The molecule has 126 valence electrons. The van der Waals surface area contributed by atoms with Crippen molar-refractivity contribution in [1.82, 2.24) is 20.3 Å². The van der Waals surface area contributed by atoms with E-state index in [-0.39, 0.29) is 23.5 Å². The second-order valence-electron chi connectivity index (χ2n) is 5.54. The average Bonchev–Trinajstić information content (AvgIpc) is 2.93. The third-order valence-electron chi connectivity index (χ3n) is 3.64. The lowest BCUT2D eigenvalue weighted by molar-refractivity contribution is 0.0940. The van der Waals surface area contributed by atoms with E-state index in [4.69, 9.17) is 0 Å². The lowest BCUT2D eigenvalue weighted by Crippen LogP contribution is -2.35. The second kappa shape index (κ2) is 6.91. The van der Waals surface area contributed by atoms with Gasteiger partial charge in [0.25, 0.3) is 5.91 Å². The third kappa shape index (κ3) is 4.25. The van der Waals surface area contributed by atoms with Crippen LogP contribution in [0.4, 0.5) is 5.95 Å². The topological polar surface area (TPSA) is 114 Å². The predicted molar refractivity (Wildman–Crippen MR) is 88.1 cm³/mol. The van der Waals surface area contributed by atoms with E-state index in [9.17, 15) is 13.2 Å². The summed E-state index contributed by atoms with van der Waals surface area (Å²) >= 11 is 0. The zero-order valence-electron chi connectivity index (χ0n) is 12.8. The van der Waals surface area contributed by atoms with Crippen LogP contribution >= 0.6 is 0 Å². The summed E-state index contributed by atoms with van der Waals surface area (Å²) in [6, 6.07) is 5.26. The first kappa shape index (κ1) is 16.3. The molecule has 3 heterocycles. The van der Waals surface area contributed by atoms with Crippen molar-refractivity contribution in [2.75, 3.05) is 16.8 Å². The van der Waals surface area contributed by atoms with Crippen LogP contribution in [-0.4, -0.2) is 46.8 Å². The van der Waals surface area contributed by atoms with Gasteiger partial charge in [0.1, 0.15) is 0 Å². The molecule has 0 bridgehead atoms. The highest BCUT2D eigenvalue weighted by Gasteiger charge is 2.29. The fraction of sp³-hybridized carbons (Fsp3) is 0.333. The lowest BCUT2D eigenvalue weighted by Gasteiger charge is -2.10. The van der Waals surface area contributed by atoms with Gasteiger partial charge in [-0.05, 0) is 18.6 Å². The number of nitrogens with one attached hydrogen (secondary N) is 2. The summed E-state index contributed by atoms with van der Waals surface area (Å²) in [6.07, 6.45) is 4.96. The number of anilines is 1. The Morgan fingerprint density at radius 1 is 1.21 bits per heavy atom. The highest BCUT2D eigenvalue weighted by molar-refractivity contribution is 7.91. The Kier molecular flexibility index (Phi) is 4.70. The zero-order valence-corrected chi connectivity index (χ0v) is 13.7. The minimum atomic E-state index is -3.03. The third-order valence-corrected chi connectivity index (χ3v) is 5.40. The Morgan fingerprint density at radius 3 is 2.62 bits per heavy atom. The van der Waals surface area contributed by atoms with Crippen molar-refractivity contribution in [2.24, 2.45) is 0 Å². The van der Waals surface area contributed by atoms with Crippen LogP contribution in [0.2, 0.25) is 0 Å². The van der Waals surface area contributed by atoms with E-state index in [1.54, 1.807) is 6.20 Å². The van der Waals surface area contributed by atoms with Crippen molar-refractivity contribution in [3.63, 3.8) is 0 Å². The van der Waals surface area contributed by atoms with Gasteiger partial charge < -0.3 is 10.6 Å². The summed E-state index contributed by atoms with van der Waals surface area (Å²) in [5.41, 5.74) is 1.15. The molecular weight excluding hydrogens is 330 g/mol. The largest absolute Gasteiger partial charge is 0.349 e. The van der Waals surface area contributed by atoms with E-state index < -0.39 is 9.84 Å². The van der Waals surface area contributed by atoms with Gasteiger partial charge in [0.15, 0.2) is 9.84 Å². The van der Waals surface area contributed by atoms with E-state index in [0.717, 1.165) is 5.69 Å². The Morgan fingerprint density at radius 2 is 2.00 bits per heavy atom. The number of aromatic nitrogens is 3. The number of carbonyl (C=O) groups excluding carboxylic acids is 1. The molecule has 0 aliphatic carbocycles. The number of pyridine rings is 1. The molecule has 3 rings (SSSR count). The summed E-state index contributed by atoms with van der Waals surface area (Å²) in [5.74, 6) is 0.128. The maximum Gasteiger partial charge on any atom is 0.254 e. The highest BCUT2D eigenvalue weighted by atomic mass is 32.2. The standard InChI is InChI=1S/C15H17N5O3S/c21-14(20-13-4-6-24(22,23)10-13)11-7-17-15(18-8-11)19-9-12-3-1-2-5-16-12/h1-3,5,7-8,13H,4,6,9-10H2,(H,20,21)(H,17,18,19). The number of hydrogen-bond acceptors (Lipinski definition) is 7. The molecule has 1 unspecified atom stereocenters. The molecule has 9 heteroatoms. The van der Waals surface area contributed by atoms with Gasteiger partial charge in [-0.1, -0.05) is 6.07 Å². The summed E-state index contributed by atoms with van der Waals surface area (Å²) in [6.45, 7) is 0.478. The molecule has 1 aliphatic rings. The zero-order chi connectivity index (χ0) is 17.0. The monoisotopic (exact) mass is 347 g/mol. The fourth-order valence-electron chi connectivity index (χ4n) is 2.39. The molecule has 1 amide bonds. The molecule has 8 nitrogen and oxygen atoms in total. The molecule has 0 spiro atoms. The molecule has 2 N–H and O–H groups in total. The molecule has 1 saturated heterocycles. The smallest absolute Gasteiger partial charge is 0.254 e. The van der Waals surface area contributed by atoms with Crippen LogP contribution in [0.1, 0.15) is 22.5 Å². The molecule has 24 heavy (non-hydrogen) atoms. The van der Waals surface area contributed by atoms with Gasteiger partial charge in [-0.3, -0.25) is 9.78 Å². The number of hydrogen-bond donors (Lipinski definition) is 2. The first-order chi connectivity index (χ1) is 11.5. The Balaban J connectivity index is 1.55. The molecule has 2 aromatic rings. The van der Waals surface area contributed by atoms with E-state index >= 15 is 0 Å². The van der Waals surface area contributed by atoms with Crippen LogP contribution in [0.5, 0.6) is 0 Å². The molecular formula is C15H17N5O3S. The highest BCUT2D eigenvalue weighted by Crippen LogP contribution is 2.12. The van der Waals surface area contributed by atoms with Crippen LogP contribution in [0.25, 0.3) is 0 Å². The summed E-state index contributed by atoms with van der Waals surface area (Å²) in [5, 5.41) is 5.71. The number of carbonyl (C=O) groups is 1. The van der Waals surface area contributed by atoms with Crippen molar-refractivity contribution >= 4 is 21.7 Å². The van der Waals surface area contributed by atoms with Gasteiger partial charge in [0.05, 0.1) is 29.3 Å². The van der Waals surface area contributed by atoms with Crippen LogP contribution in [0, 0.1) is 0 Å². The SMILES string of the molecule is O=C(NC1CCS(=O)(=O)C1)c1cnc(NCc2ccccn2)nc1. The predicted octanol–water partition coefficient (Wildman–Crippen LogP) is 0.401. The first-order valence-corrected chi connectivity index (χ1v) is 9.31. The van der Waals surface area contributed by atoms with Gasteiger partial charge in [-0.25, -0.2) is 18.4 Å². The van der Waals surface area contributed by atoms with Gasteiger partial charge in [-0.15, -0.1) is 0 Å². The number of nitrogens with zero attached hydrogens (tertiary/aromatic N) is 3. The van der Waals surface area contributed by atoms with Crippen molar-refractivity contribution in [2.45, 2.75) is 19.0 Å². The molecule has 0 saturated carbocycles. The lowest BCUT2D eigenvalue weighted by atomic mass is 10.2.